The Morgan fingerprint density at radius 2 is 1.96 bits per heavy atom. The maximum Gasteiger partial charge on any atom is 0.238 e. The average molecular weight is 380 g/mol. The predicted molar refractivity (Wildman–Crippen MR) is 105 cm³/mol. The Morgan fingerprint density at radius 1 is 1.25 bits per heavy atom. The Kier molecular flexibility index (Phi) is 4.59. The van der Waals surface area contributed by atoms with Crippen molar-refractivity contribution in [3.63, 3.8) is 0 Å². The van der Waals surface area contributed by atoms with Crippen LogP contribution in [0, 0.1) is 12.8 Å². The second-order valence-corrected chi connectivity index (χ2v) is 7.67. The number of carbonyl (C=O) groups excluding carboxylic acids is 2. The van der Waals surface area contributed by atoms with Crippen LogP contribution in [0.3, 0.4) is 0 Å². The summed E-state index contributed by atoms with van der Waals surface area (Å²) in [5.41, 5.74) is 1.75. The molecule has 2 amide bonds. The van der Waals surface area contributed by atoms with Crippen LogP contribution in [0.5, 0.6) is 5.75 Å². The summed E-state index contributed by atoms with van der Waals surface area (Å²) < 4.78 is 6.15. The first-order chi connectivity index (χ1) is 13.4. The zero-order chi connectivity index (χ0) is 19.9. The van der Waals surface area contributed by atoms with Crippen LogP contribution in [0.15, 0.2) is 48.5 Å². The lowest BCUT2D eigenvalue weighted by Gasteiger charge is -2.52. The lowest BCUT2D eigenvalue weighted by Crippen LogP contribution is -2.64. The van der Waals surface area contributed by atoms with Gasteiger partial charge in [0.15, 0.2) is 5.72 Å². The molecule has 4 rings (SSSR count). The highest BCUT2D eigenvalue weighted by Crippen LogP contribution is 2.50. The zero-order valence-corrected chi connectivity index (χ0v) is 16.0. The Balaban J connectivity index is 1.72. The van der Waals surface area contributed by atoms with E-state index in [1.165, 1.54) is 4.90 Å². The number of rotatable bonds is 4. The molecule has 6 heteroatoms. The van der Waals surface area contributed by atoms with Crippen molar-refractivity contribution in [1.82, 2.24) is 4.90 Å². The largest absolute Gasteiger partial charge is 0.468 e. The number of amides is 2. The fraction of sp³-hybridized carbons (Fsp3) is 0.364. The van der Waals surface area contributed by atoms with Gasteiger partial charge >= 0.3 is 0 Å². The standard InChI is InChI=1S/C22H24N2O4/c1-14-7-9-15(10-8-14)23-20(26)19-17-13-22(2,24(11-12-25)21(19)27)28-18-6-4-3-5-16(17)18/h3-10,17,19,25H,11-13H2,1-2H3,(H,23,26)/t17-,19-,22+/m0/s1. The molecule has 0 aromatic heterocycles. The first kappa shape index (κ1) is 18.5. The molecule has 3 atom stereocenters. The molecule has 2 aromatic carbocycles. The van der Waals surface area contributed by atoms with Gasteiger partial charge in [0, 0.05) is 24.6 Å². The highest BCUT2D eigenvalue weighted by molar-refractivity contribution is 6.08. The number of para-hydroxylation sites is 1. The fourth-order valence-corrected chi connectivity index (χ4v) is 4.31. The number of nitrogens with zero attached hydrogens (tertiary/aromatic N) is 1. The van der Waals surface area contributed by atoms with Gasteiger partial charge in [0.25, 0.3) is 0 Å². The van der Waals surface area contributed by atoms with E-state index >= 15 is 0 Å². The smallest absolute Gasteiger partial charge is 0.238 e. The van der Waals surface area contributed by atoms with Gasteiger partial charge in [0.05, 0.1) is 6.61 Å². The van der Waals surface area contributed by atoms with E-state index in [0.717, 1.165) is 11.1 Å². The molecule has 2 aliphatic heterocycles. The van der Waals surface area contributed by atoms with Crippen LogP contribution in [0.1, 0.15) is 30.4 Å². The lowest BCUT2D eigenvalue weighted by molar-refractivity contribution is -0.176. The number of aliphatic hydroxyl groups excluding tert-OH is 1. The molecule has 2 N–H and O–H groups in total. The van der Waals surface area contributed by atoms with Crippen LogP contribution in [-0.2, 0) is 9.59 Å². The molecule has 1 fully saturated rings. The van der Waals surface area contributed by atoms with Crippen molar-refractivity contribution in [1.29, 1.82) is 0 Å². The van der Waals surface area contributed by atoms with E-state index in [1.54, 1.807) is 0 Å². The second kappa shape index (κ2) is 6.95. The van der Waals surface area contributed by atoms with Crippen molar-refractivity contribution >= 4 is 17.5 Å². The molecule has 28 heavy (non-hydrogen) atoms. The molecular weight excluding hydrogens is 356 g/mol. The summed E-state index contributed by atoms with van der Waals surface area (Å²) in [6.07, 6.45) is 0.502. The van der Waals surface area contributed by atoms with Gasteiger partial charge in [-0.25, -0.2) is 0 Å². The van der Waals surface area contributed by atoms with Gasteiger partial charge in [0.2, 0.25) is 11.8 Å². The van der Waals surface area contributed by atoms with Gasteiger partial charge in [-0.2, -0.15) is 0 Å². The van der Waals surface area contributed by atoms with Gasteiger partial charge in [-0.3, -0.25) is 9.59 Å². The Hall–Kier alpha value is -2.86. The molecule has 2 bridgehead atoms. The number of aliphatic hydroxyl groups is 1. The minimum Gasteiger partial charge on any atom is -0.468 e. The van der Waals surface area contributed by atoms with Crippen LogP contribution in [0.25, 0.3) is 0 Å². The maximum absolute atomic E-state index is 13.3. The van der Waals surface area contributed by atoms with Gasteiger partial charge in [-0.15, -0.1) is 0 Å². The molecule has 6 nitrogen and oxygen atoms in total. The number of fused-ring (bicyclic) bond motifs is 4. The number of hydrogen-bond donors (Lipinski definition) is 2. The van der Waals surface area contributed by atoms with Crippen LogP contribution in [-0.4, -0.2) is 40.7 Å². The monoisotopic (exact) mass is 380 g/mol. The SMILES string of the molecule is Cc1ccc(NC(=O)[C@H]2C(=O)N(CCO)[C@@]3(C)C[C@H]2c2ccccc2O3)cc1. The van der Waals surface area contributed by atoms with E-state index in [-0.39, 0.29) is 30.9 Å². The van der Waals surface area contributed by atoms with Gasteiger partial charge in [0.1, 0.15) is 11.7 Å². The number of anilines is 1. The number of aryl methyl sites for hydroxylation is 1. The summed E-state index contributed by atoms with van der Waals surface area (Å²) in [6.45, 7) is 3.75. The molecular formula is C22H24N2O4. The normalized spacial score (nSPS) is 25.7. The van der Waals surface area contributed by atoms with Gasteiger partial charge in [-0.1, -0.05) is 35.9 Å². The molecule has 146 valence electrons. The molecule has 0 radical (unpaired) electrons. The number of piperidine rings is 1. The average Bonchev–Trinajstić information content (AvgIpc) is 2.67. The second-order valence-electron chi connectivity index (χ2n) is 7.67. The molecule has 2 aromatic rings. The first-order valence-corrected chi connectivity index (χ1v) is 9.51. The van der Waals surface area contributed by atoms with Crippen LogP contribution in [0.2, 0.25) is 0 Å². The summed E-state index contributed by atoms with van der Waals surface area (Å²) in [5.74, 6) is -1.11. The molecule has 1 saturated heterocycles. The third-order valence-corrected chi connectivity index (χ3v) is 5.68. The van der Waals surface area contributed by atoms with E-state index in [4.69, 9.17) is 4.74 Å². The summed E-state index contributed by atoms with van der Waals surface area (Å²) in [5, 5.41) is 12.4. The highest BCUT2D eigenvalue weighted by atomic mass is 16.5. The Bertz CT molecular complexity index is 911. The molecule has 2 heterocycles. The third kappa shape index (κ3) is 3.03. The number of likely N-dealkylation sites (tertiary alicyclic amines) is 1. The predicted octanol–water partition coefficient (Wildman–Crippen LogP) is 2.67. The van der Waals surface area contributed by atoms with Crippen molar-refractivity contribution in [3.8, 4) is 5.75 Å². The van der Waals surface area contributed by atoms with Crippen molar-refractivity contribution in [2.45, 2.75) is 31.9 Å². The van der Waals surface area contributed by atoms with Crippen LogP contribution in [0.4, 0.5) is 5.69 Å². The number of hydrogen-bond acceptors (Lipinski definition) is 4. The van der Waals surface area contributed by atoms with Crippen molar-refractivity contribution in [2.75, 3.05) is 18.5 Å². The first-order valence-electron chi connectivity index (χ1n) is 9.51. The fourth-order valence-electron chi connectivity index (χ4n) is 4.31. The molecule has 0 spiro atoms. The summed E-state index contributed by atoms with van der Waals surface area (Å²) >= 11 is 0. The number of nitrogens with one attached hydrogen (secondary N) is 1. The number of β-amino-alcohol motifs (C(OH)–C–C–N with tert-alkyl or cyclic N) is 1. The third-order valence-electron chi connectivity index (χ3n) is 5.68. The maximum atomic E-state index is 13.3. The quantitative estimate of drug-likeness (QED) is 0.800. The molecule has 0 unspecified atom stereocenters. The Labute approximate surface area is 164 Å². The minimum atomic E-state index is -0.876. The highest BCUT2D eigenvalue weighted by Gasteiger charge is 2.55. The van der Waals surface area contributed by atoms with E-state index < -0.39 is 11.6 Å². The van der Waals surface area contributed by atoms with E-state index in [2.05, 4.69) is 5.32 Å². The Morgan fingerprint density at radius 3 is 2.68 bits per heavy atom. The van der Waals surface area contributed by atoms with Crippen molar-refractivity contribution in [2.24, 2.45) is 5.92 Å². The van der Waals surface area contributed by atoms with E-state index in [1.807, 2.05) is 62.4 Å². The number of ether oxygens (including phenoxy) is 1. The molecule has 0 saturated carbocycles. The van der Waals surface area contributed by atoms with Crippen molar-refractivity contribution < 1.29 is 19.4 Å². The minimum absolute atomic E-state index is 0.124. The zero-order valence-electron chi connectivity index (χ0n) is 16.0. The summed E-state index contributed by atoms with van der Waals surface area (Å²) in [4.78, 5) is 28.0. The molecule has 0 aliphatic carbocycles. The van der Waals surface area contributed by atoms with Crippen LogP contribution >= 0.6 is 0 Å². The molecule has 2 aliphatic rings. The number of carbonyl (C=O) groups is 2. The summed E-state index contributed by atoms with van der Waals surface area (Å²) in [6, 6.07) is 15.0. The van der Waals surface area contributed by atoms with Crippen molar-refractivity contribution in [3.05, 3.63) is 59.7 Å². The topological polar surface area (TPSA) is 78.9 Å². The summed E-state index contributed by atoms with van der Waals surface area (Å²) in [7, 11) is 0. The van der Waals surface area contributed by atoms with Gasteiger partial charge < -0.3 is 20.1 Å². The number of benzene rings is 2. The van der Waals surface area contributed by atoms with Gasteiger partial charge in [-0.05, 0) is 37.6 Å². The lowest BCUT2D eigenvalue weighted by atomic mass is 9.73. The van der Waals surface area contributed by atoms with E-state index in [9.17, 15) is 14.7 Å². The van der Waals surface area contributed by atoms with E-state index in [0.29, 0.717) is 17.9 Å². The van der Waals surface area contributed by atoms with Crippen LogP contribution < -0.4 is 10.1 Å².